The molecule has 2 heterocycles. The number of nitrogens with zero attached hydrogens (tertiary/aromatic N) is 2. The number of fused-ring (bicyclic) bond motifs is 1. The predicted octanol–water partition coefficient (Wildman–Crippen LogP) is 3.24. The first-order valence-electron chi connectivity index (χ1n) is 8.38. The third kappa shape index (κ3) is 3.36. The molecule has 25 heavy (non-hydrogen) atoms. The van der Waals surface area contributed by atoms with Gasteiger partial charge in [-0.1, -0.05) is 20.8 Å². The predicted molar refractivity (Wildman–Crippen MR) is 88.5 cm³/mol. The van der Waals surface area contributed by atoms with Gasteiger partial charge in [0.25, 0.3) is 5.91 Å². The van der Waals surface area contributed by atoms with Crippen molar-refractivity contribution in [1.82, 2.24) is 15.1 Å². The van der Waals surface area contributed by atoms with E-state index in [1.807, 2.05) is 11.6 Å². The largest absolute Gasteiger partial charge is 0.490 e. The summed E-state index contributed by atoms with van der Waals surface area (Å²) in [5.74, 6) is -1.22. The molecule has 7 heteroatoms. The van der Waals surface area contributed by atoms with Crippen LogP contribution in [0.5, 0.6) is 5.75 Å². The van der Waals surface area contributed by atoms with E-state index < -0.39 is 17.7 Å². The molecular formula is C18H21F2N3O2. The van der Waals surface area contributed by atoms with Crippen LogP contribution in [-0.2, 0) is 13.0 Å². The molecular weight excluding hydrogens is 328 g/mol. The van der Waals surface area contributed by atoms with Gasteiger partial charge in [-0.05, 0) is 12.3 Å². The maximum absolute atomic E-state index is 14.1. The fraction of sp³-hybridized carbons (Fsp3) is 0.444. The van der Waals surface area contributed by atoms with Crippen LogP contribution in [0.3, 0.4) is 0 Å². The number of aromatic nitrogens is 2. The van der Waals surface area contributed by atoms with Crippen LogP contribution < -0.4 is 10.1 Å². The van der Waals surface area contributed by atoms with Crippen molar-refractivity contribution < 1.29 is 18.3 Å². The Bertz CT molecular complexity index is 802. The first kappa shape index (κ1) is 17.4. The first-order chi connectivity index (χ1) is 11.9. The van der Waals surface area contributed by atoms with Crippen molar-refractivity contribution in [3.05, 3.63) is 46.8 Å². The normalized spacial score (nSPS) is 16.0. The van der Waals surface area contributed by atoms with Crippen molar-refractivity contribution in [2.75, 3.05) is 6.61 Å². The van der Waals surface area contributed by atoms with Crippen molar-refractivity contribution in [1.29, 1.82) is 0 Å². The fourth-order valence-corrected chi connectivity index (χ4v) is 3.10. The van der Waals surface area contributed by atoms with E-state index >= 15 is 0 Å². The molecule has 0 fully saturated rings. The van der Waals surface area contributed by atoms with Gasteiger partial charge in [0, 0.05) is 18.7 Å². The van der Waals surface area contributed by atoms with E-state index in [9.17, 15) is 13.6 Å². The van der Waals surface area contributed by atoms with E-state index in [-0.39, 0.29) is 23.8 Å². The van der Waals surface area contributed by atoms with Crippen LogP contribution in [0.2, 0.25) is 0 Å². The standard InChI is InChI=1S/C18H21F2N3O2/c1-4-15-12(7-21-23(15)8-10(2)3)18(24)22-14-9-25-16-6-11(19)5-13(20)17(14)16/h5-7,10,14H,4,8-9H2,1-3H3,(H,22,24)/t14-/m0/s1. The highest BCUT2D eigenvalue weighted by atomic mass is 19.1. The second-order valence-corrected chi connectivity index (χ2v) is 6.57. The smallest absolute Gasteiger partial charge is 0.255 e. The maximum atomic E-state index is 14.1. The zero-order valence-electron chi connectivity index (χ0n) is 14.5. The van der Waals surface area contributed by atoms with E-state index in [1.54, 1.807) is 0 Å². The van der Waals surface area contributed by atoms with Crippen LogP contribution in [0, 0.1) is 17.6 Å². The molecule has 1 N–H and O–H groups in total. The molecule has 0 saturated heterocycles. The Balaban J connectivity index is 1.82. The molecule has 0 aliphatic carbocycles. The van der Waals surface area contributed by atoms with Crippen LogP contribution in [0.4, 0.5) is 8.78 Å². The summed E-state index contributed by atoms with van der Waals surface area (Å²) in [7, 11) is 0. The van der Waals surface area contributed by atoms with Crippen LogP contribution >= 0.6 is 0 Å². The van der Waals surface area contributed by atoms with Crippen molar-refractivity contribution in [3.63, 3.8) is 0 Å². The number of carbonyl (C=O) groups excluding carboxylic acids is 1. The molecule has 2 aromatic rings. The van der Waals surface area contributed by atoms with Crippen molar-refractivity contribution in [2.24, 2.45) is 5.92 Å². The summed E-state index contributed by atoms with van der Waals surface area (Å²) in [4.78, 5) is 12.7. The zero-order chi connectivity index (χ0) is 18.1. The molecule has 1 amide bonds. The Morgan fingerprint density at radius 2 is 2.20 bits per heavy atom. The number of hydrogen-bond acceptors (Lipinski definition) is 3. The quantitative estimate of drug-likeness (QED) is 0.902. The summed E-state index contributed by atoms with van der Waals surface area (Å²) in [6, 6.07) is 1.27. The molecule has 0 radical (unpaired) electrons. The summed E-state index contributed by atoms with van der Waals surface area (Å²) in [6.45, 7) is 6.91. The van der Waals surface area contributed by atoms with Crippen LogP contribution in [0.25, 0.3) is 0 Å². The van der Waals surface area contributed by atoms with Gasteiger partial charge in [0.1, 0.15) is 24.0 Å². The van der Waals surface area contributed by atoms with E-state index in [0.717, 1.165) is 24.4 Å². The van der Waals surface area contributed by atoms with Gasteiger partial charge in [-0.3, -0.25) is 9.48 Å². The highest BCUT2D eigenvalue weighted by Crippen LogP contribution is 2.35. The molecule has 134 valence electrons. The molecule has 1 aromatic heterocycles. The molecule has 1 aliphatic rings. The lowest BCUT2D eigenvalue weighted by atomic mass is 10.1. The van der Waals surface area contributed by atoms with Crippen molar-refractivity contribution >= 4 is 5.91 Å². The average Bonchev–Trinajstić information content (AvgIpc) is 3.10. The molecule has 1 aliphatic heterocycles. The van der Waals surface area contributed by atoms with E-state index in [2.05, 4.69) is 24.3 Å². The van der Waals surface area contributed by atoms with Gasteiger partial charge in [-0.15, -0.1) is 0 Å². The summed E-state index contributed by atoms with van der Waals surface area (Å²) < 4.78 is 34.5. The number of ether oxygens (including phenoxy) is 1. The second-order valence-electron chi connectivity index (χ2n) is 6.57. The third-order valence-electron chi connectivity index (χ3n) is 4.18. The lowest BCUT2D eigenvalue weighted by molar-refractivity contribution is 0.0928. The molecule has 5 nitrogen and oxygen atoms in total. The minimum Gasteiger partial charge on any atom is -0.490 e. The number of benzene rings is 1. The lowest BCUT2D eigenvalue weighted by Crippen LogP contribution is -2.30. The number of halogens is 2. The van der Waals surface area contributed by atoms with Crippen LogP contribution in [0.1, 0.15) is 48.4 Å². The Labute approximate surface area is 145 Å². The maximum Gasteiger partial charge on any atom is 0.255 e. The van der Waals surface area contributed by atoms with Crippen LogP contribution in [-0.4, -0.2) is 22.3 Å². The van der Waals surface area contributed by atoms with Gasteiger partial charge >= 0.3 is 0 Å². The lowest BCUT2D eigenvalue weighted by Gasteiger charge is -2.13. The van der Waals surface area contributed by atoms with E-state index in [4.69, 9.17) is 4.74 Å². The zero-order valence-corrected chi connectivity index (χ0v) is 14.5. The van der Waals surface area contributed by atoms with Gasteiger partial charge in [-0.25, -0.2) is 8.78 Å². The summed E-state index contributed by atoms with van der Waals surface area (Å²) in [5.41, 5.74) is 1.49. The molecule has 1 atom stereocenters. The molecule has 0 unspecified atom stereocenters. The molecule has 1 aromatic carbocycles. The second kappa shape index (κ2) is 6.82. The number of rotatable bonds is 5. The number of nitrogens with one attached hydrogen (secondary N) is 1. The van der Waals surface area contributed by atoms with E-state index in [0.29, 0.717) is 17.9 Å². The minimum atomic E-state index is -0.719. The van der Waals surface area contributed by atoms with Gasteiger partial charge in [0.2, 0.25) is 0 Å². The molecule has 3 rings (SSSR count). The van der Waals surface area contributed by atoms with Crippen LogP contribution in [0.15, 0.2) is 18.3 Å². The van der Waals surface area contributed by atoms with Gasteiger partial charge < -0.3 is 10.1 Å². The van der Waals surface area contributed by atoms with E-state index in [1.165, 1.54) is 6.20 Å². The highest BCUT2D eigenvalue weighted by molar-refractivity contribution is 5.95. The topological polar surface area (TPSA) is 56.1 Å². The number of carbonyl (C=O) groups is 1. The Hall–Kier alpha value is -2.44. The monoisotopic (exact) mass is 349 g/mol. The molecule has 0 bridgehead atoms. The molecule has 0 saturated carbocycles. The average molecular weight is 349 g/mol. The summed E-state index contributed by atoms with van der Waals surface area (Å²) in [6.07, 6.45) is 2.20. The van der Waals surface area contributed by atoms with Crippen molar-refractivity contribution in [2.45, 2.75) is 39.8 Å². The Morgan fingerprint density at radius 1 is 1.44 bits per heavy atom. The fourth-order valence-electron chi connectivity index (χ4n) is 3.10. The number of amides is 1. The Kier molecular flexibility index (Phi) is 4.74. The number of hydrogen-bond donors (Lipinski definition) is 1. The Morgan fingerprint density at radius 3 is 2.88 bits per heavy atom. The molecule has 0 spiro atoms. The van der Waals surface area contributed by atoms with Crippen molar-refractivity contribution in [3.8, 4) is 5.75 Å². The minimum absolute atomic E-state index is 0.0725. The van der Waals surface area contributed by atoms with Gasteiger partial charge in [-0.2, -0.15) is 5.10 Å². The summed E-state index contributed by atoms with van der Waals surface area (Å²) in [5, 5.41) is 7.07. The van der Waals surface area contributed by atoms with Gasteiger partial charge in [0.15, 0.2) is 0 Å². The highest BCUT2D eigenvalue weighted by Gasteiger charge is 2.31. The SMILES string of the molecule is CCc1c(C(=O)N[C@H]2COc3cc(F)cc(F)c32)cnn1CC(C)C. The van der Waals surface area contributed by atoms with Gasteiger partial charge in [0.05, 0.1) is 29.1 Å². The summed E-state index contributed by atoms with van der Waals surface area (Å²) >= 11 is 0. The third-order valence-corrected chi connectivity index (χ3v) is 4.18. The first-order valence-corrected chi connectivity index (χ1v) is 8.38.